The van der Waals surface area contributed by atoms with Crippen molar-refractivity contribution in [3.05, 3.63) is 0 Å². The van der Waals surface area contributed by atoms with Crippen LogP contribution in [-0.2, 0) is 9.53 Å². The quantitative estimate of drug-likeness (QED) is 0.753. The van der Waals surface area contributed by atoms with Crippen molar-refractivity contribution in [3.63, 3.8) is 0 Å². The Kier molecular flexibility index (Phi) is 7.50. The lowest BCUT2D eigenvalue weighted by Gasteiger charge is -2.33. The van der Waals surface area contributed by atoms with Gasteiger partial charge in [0, 0.05) is 26.2 Å². The zero-order valence-electron chi connectivity index (χ0n) is 13.3. The number of hydrogen-bond donors (Lipinski definition) is 2. The summed E-state index contributed by atoms with van der Waals surface area (Å²) in [5, 5.41) is 11.9. The second-order valence-electron chi connectivity index (χ2n) is 5.96. The number of piperidine rings is 1. The molecular weight excluding hydrogens is 272 g/mol. The summed E-state index contributed by atoms with van der Waals surface area (Å²) in [6.45, 7) is 7.94. The van der Waals surface area contributed by atoms with Crippen molar-refractivity contribution in [2.45, 2.75) is 46.1 Å². The second-order valence-corrected chi connectivity index (χ2v) is 5.96. The largest absolute Gasteiger partial charge is 0.481 e. The van der Waals surface area contributed by atoms with Crippen molar-refractivity contribution in [2.75, 3.05) is 26.2 Å². The fourth-order valence-corrected chi connectivity index (χ4v) is 2.46. The number of carbonyl (C=O) groups excluding carboxylic acids is 1. The van der Waals surface area contributed by atoms with Gasteiger partial charge in [-0.1, -0.05) is 20.8 Å². The van der Waals surface area contributed by atoms with Crippen LogP contribution in [0.2, 0.25) is 0 Å². The Balaban J connectivity index is 2.42. The van der Waals surface area contributed by atoms with Crippen LogP contribution in [0.5, 0.6) is 0 Å². The van der Waals surface area contributed by atoms with Crippen LogP contribution in [0.4, 0.5) is 4.79 Å². The Morgan fingerprint density at radius 1 is 1.43 bits per heavy atom. The van der Waals surface area contributed by atoms with Gasteiger partial charge in [0.1, 0.15) is 0 Å². The van der Waals surface area contributed by atoms with Gasteiger partial charge >= 0.3 is 12.0 Å². The fourth-order valence-electron chi connectivity index (χ4n) is 2.46. The van der Waals surface area contributed by atoms with Gasteiger partial charge in [0.05, 0.1) is 12.0 Å². The standard InChI is InChI=1S/C15H28N2O4/c1-4-8-21-12-6-5-7-17(10-12)15(20)16-9-13(11(2)3)14(18)19/h11-13H,4-10H2,1-3H3,(H,16,20)(H,18,19). The number of aliphatic carboxylic acids is 1. The third-order valence-corrected chi connectivity index (χ3v) is 3.82. The minimum Gasteiger partial charge on any atom is -0.481 e. The topological polar surface area (TPSA) is 78.9 Å². The van der Waals surface area contributed by atoms with Crippen molar-refractivity contribution in [1.29, 1.82) is 0 Å². The Morgan fingerprint density at radius 3 is 2.71 bits per heavy atom. The number of likely N-dealkylation sites (tertiary alicyclic amines) is 1. The summed E-state index contributed by atoms with van der Waals surface area (Å²) in [7, 11) is 0. The highest BCUT2D eigenvalue weighted by Gasteiger charge is 2.26. The molecule has 122 valence electrons. The summed E-state index contributed by atoms with van der Waals surface area (Å²) in [4.78, 5) is 25.0. The van der Waals surface area contributed by atoms with E-state index >= 15 is 0 Å². The zero-order chi connectivity index (χ0) is 15.8. The first-order valence-corrected chi connectivity index (χ1v) is 7.82. The molecule has 1 rings (SSSR count). The number of hydrogen-bond acceptors (Lipinski definition) is 3. The maximum Gasteiger partial charge on any atom is 0.317 e. The second kappa shape index (κ2) is 8.87. The average molecular weight is 300 g/mol. The Morgan fingerprint density at radius 2 is 2.14 bits per heavy atom. The average Bonchev–Trinajstić information content (AvgIpc) is 2.44. The molecule has 1 aliphatic heterocycles. The van der Waals surface area contributed by atoms with E-state index in [1.807, 2.05) is 13.8 Å². The molecule has 0 aromatic carbocycles. The van der Waals surface area contributed by atoms with Gasteiger partial charge in [0.15, 0.2) is 0 Å². The number of nitrogens with zero attached hydrogens (tertiary/aromatic N) is 1. The molecule has 1 saturated heterocycles. The van der Waals surface area contributed by atoms with E-state index < -0.39 is 11.9 Å². The molecule has 0 bridgehead atoms. The molecule has 1 fully saturated rings. The molecule has 0 saturated carbocycles. The number of nitrogens with one attached hydrogen (secondary N) is 1. The number of ether oxygens (including phenoxy) is 1. The van der Waals surface area contributed by atoms with E-state index in [0.717, 1.165) is 19.3 Å². The highest BCUT2D eigenvalue weighted by atomic mass is 16.5. The molecule has 6 heteroatoms. The summed E-state index contributed by atoms with van der Waals surface area (Å²) in [6, 6.07) is -0.188. The van der Waals surface area contributed by atoms with Crippen LogP contribution in [0.1, 0.15) is 40.0 Å². The zero-order valence-corrected chi connectivity index (χ0v) is 13.3. The van der Waals surface area contributed by atoms with E-state index in [2.05, 4.69) is 12.2 Å². The minimum atomic E-state index is -0.868. The van der Waals surface area contributed by atoms with Gasteiger partial charge in [-0.3, -0.25) is 4.79 Å². The maximum absolute atomic E-state index is 12.1. The molecule has 1 heterocycles. The van der Waals surface area contributed by atoms with E-state index in [1.54, 1.807) is 4.90 Å². The number of carboxylic acid groups (broad SMARTS) is 1. The van der Waals surface area contributed by atoms with Crippen molar-refractivity contribution < 1.29 is 19.4 Å². The summed E-state index contributed by atoms with van der Waals surface area (Å²) in [6.07, 6.45) is 2.98. The van der Waals surface area contributed by atoms with Gasteiger partial charge in [-0.05, 0) is 25.2 Å². The molecule has 0 aromatic rings. The van der Waals surface area contributed by atoms with E-state index in [1.165, 1.54) is 0 Å². The third-order valence-electron chi connectivity index (χ3n) is 3.82. The van der Waals surface area contributed by atoms with E-state index in [4.69, 9.17) is 9.84 Å². The number of carbonyl (C=O) groups is 2. The third kappa shape index (κ3) is 5.91. The maximum atomic E-state index is 12.1. The SMILES string of the molecule is CCCOC1CCCN(C(=O)NCC(C(=O)O)C(C)C)C1. The molecule has 0 radical (unpaired) electrons. The normalized spacial score (nSPS) is 20.4. The highest BCUT2D eigenvalue weighted by molar-refractivity contribution is 5.76. The molecular formula is C15H28N2O4. The van der Waals surface area contributed by atoms with Crippen LogP contribution in [0.15, 0.2) is 0 Å². The van der Waals surface area contributed by atoms with Gasteiger partial charge in [-0.15, -0.1) is 0 Å². The van der Waals surface area contributed by atoms with Crippen LogP contribution in [0.25, 0.3) is 0 Å². The van der Waals surface area contributed by atoms with Crippen molar-refractivity contribution in [3.8, 4) is 0 Å². The predicted molar refractivity (Wildman–Crippen MR) is 80.2 cm³/mol. The lowest BCUT2D eigenvalue weighted by atomic mass is 9.96. The highest BCUT2D eigenvalue weighted by Crippen LogP contribution is 2.14. The molecule has 0 spiro atoms. The van der Waals surface area contributed by atoms with Crippen LogP contribution in [0, 0.1) is 11.8 Å². The molecule has 2 atom stereocenters. The van der Waals surface area contributed by atoms with Crippen LogP contribution in [0.3, 0.4) is 0 Å². The molecule has 0 aliphatic carbocycles. The smallest absolute Gasteiger partial charge is 0.317 e. The molecule has 2 N–H and O–H groups in total. The molecule has 1 aliphatic rings. The first kappa shape index (κ1) is 17.8. The van der Waals surface area contributed by atoms with Gasteiger partial charge in [0.2, 0.25) is 0 Å². The van der Waals surface area contributed by atoms with E-state index in [-0.39, 0.29) is 24.6 Å². The first-order valence-electron chi connectivity index (χ1n) is 7.82. The molecule has 2 amide bonds. The predicted octanol–water partition coefficient (Wildman–Crippen LogP) is 1.94. The monoisotopic (exact) mass is 300 g/mol. The van der Waals surface area contributed by atoms with E-state index in [9.17, 15) is 9.59 Å². The van der Waals surface area contributed by atoms with Crippen molar-refractivity contribution >= 4 is 12.0 Å². The molecule has 21 heavy (non-hydrogen) atoms. The Labute approximate surface area is 126 Å². The fraction of sp³-hybridized carbons (Fsp3) is 0.867. The molecule has 6 nitrogen and oxygen atoms in total. The summed E-state index contributed by atoms with van der Waals surface area (Å²) in [5.74, 6) is -1.43. The van der Waals surface area contributed by atoms with E-state index in [0.29, 0.717) is 19.7 Å². The molecule has 0 aromatic heterocycles. The van der Waals surface area contributed by atoms with Gasteiger partial charge < -0.3 is 20.1 Å². The summed E-state index contributed by atoms with van der Waals surface area (Å²) in [5.41, 5.74) is 0. The number of rotatable bonds is 7. The minimum absolute atomic E-state index is 0.00945. The van der Waals surface area contributed by atoms with Crippen molar-refractivity contribution in [2.24, 2.45) is 11.8 Å². The lowest BCUT2D eigenvalue weighted by Crippen LogP contribution is -2.49. The van der Waals surface area contributed by atoms with Crippen LogP contribution in [-0.4, -0.2) is 54.4 Å². The van der Waals surface area contributed by atoms with Gasteiger partial charge in [0.25, 0.3) is 0 Å². The van der Waals surface area contributed by atoms with Gasteiger partial charge in [-0.2, -0.15) is 0 Å². The molecule has 2 unspecified atom stereocenters. The van der Waals surface area contributed by atoms with Crippen LogP contribution >= 0.6 is 0 Å². The Hall–Kier alpha value is -1.30. The van der Waals surface area contributed by atoms with Crippen LogP contribution < -0.4 is 5.32 Å². The Bertz CT molecular complexity index is 347. The summed E-state index contributed by atoms with van der Waals surface area (Å²) >= 11 is 0. The lowest BCUT2D eigenvalue weighted by molar-refractivity contribution is -0.142. The number of carboxylic acids is 1. The van der Waals surface area contributed by atoms with Gasteiger partial charge in [-0.25, -0.2) is 4.79 Å². The first-order chi connectivity index (χ1) is 9.95. The number of amides is 2. The summed E-state index contributed by atoms with van der Waals surface area (Å²) < 4.78 is 5.70. The van der Waals surface area contributed by atoms with Crippen molar-refractivity contribution in [1.82, 2.24) is 10.2 Å². The number of urea groups is 1.